The average molecular weight is 244 g/mol. The van der Waals surface area contributed by atoms with E-state index in [1.165, 1.54) is 0 Å². The van der Waals surface area contributed by atoms with Crippen LogP contribution in [0.15, 0.2) is 48.5 Å². The van der Waals surface area contributed by atoms with Crippen LogP contribution in [0.4, 0.5) is 0 Å². The van der Waals surface area contributed by atoms with E-state index in [0.717, 1.165) is 0 Å². The molecule has 0 spiro atoms. The van der Waals surface area contributed by atoms with Crippen molar-refractivity contribution in [3.05, 3.63) is 70.2 Å². The summed E-state index contributed by atoms with van der Waals surface area (Å²) >= 11 is 6.02. The van der Waals surface area contributed by atoms with Gasteiger partial charge in [0.2, 0.25) is 0 Å². The number of halogens is 1. The standard InChI is InChI=1S/C14H10ClNO/c15-13-7-2-1-6-12(13)14(17)11-5-3-4-10(8-11)9-16/h1-8,14,17H. The number of nitrogens with zero attached hydrogens (tertiary/aromatic N) is 1. The molecular formula is C14H10ClNO. The highest BCUT2D eigenvalue weighted by atomic mass is 35.5. The monoisotopic (exact) mass is 243 g/mol. The van der Waals surface area contributed by atoms with Crippen molar-refractivity contribution < 1.29 is 5.11 Å². The normalized spacial score (nSPS) is 11.8. The molecule has 0 bridgehead atoms. The maximum Gasteiger partial charge on any atom is 0.106 e. The summed E-state index contributed by atoms with van der Waals surface area (Å²) in [5, 5.41) is 19.5. The zero-order chi connectivity index (χ0) is 12.3. The van der Waals surface area contributed by atoms with Gasteiger partial charge in [0, 0.05) is 10.6 Å². The lowest BCUT2D eigenvalue weighted by Crippen LogP contribution is -2.00. The summed E-state index contributed by atoms with van der Waals surface area (Å²) in [4.78, 5) is 0. The van der Waals surface area contributed by atoms with Crippen LogP contribution in [0.1, 0.15) is 22.8 Å². The molecule has 3 heteroatoms. The second kappa shape index (κ2) is 5.01. The molecule has 2 nitrogen and oxygen atoms in total. The zero-order valence-electron chi connectivity index (χ0n) is 8.97. The Labute approximate surface area is 105 Å². The summed E-state index contributed by atoms with van der Waals surface area (Å²) in [7, 11) is 0. The number of rotatable bonds is 2. The fraction of sp³-hybridized carbons (Fsp3) is 0.0714. The molecule has 0 fully saturated rings. The zero-order valence-corrected chi connectivity index (χ0v) is 9.72. The Hall–Kier alpha value is -1.82. The van der Waals surface area contributed by atoms with Gasteiger partial charge in [0.25, 0.3) is 0 Å². The Morgan fingerprint density at radius 1 is 1.12 bits per heavy atom. The van der Waals surface area contributed by atoms with Crippen molar-refractivity contribution in [1.29, 1.82) is 5.26 Å². The van der Waals surface area contributed by atoms with Crippen LogP contribution in [-0.4, -0.2) is 5.11 Å². The molecule has 1 unspecified atom stereocenters. The minimum Gasteiger partial charge on any atom is -0.384 e. The van der Waals surface area contributed by atoms with Gasteiger partial charge in [0.1, 0.15) is 6.10 Å². The first-order valence-electron chi connectivity index (χ1n) is 5.15. The predicted octanol–water partition coefficient (Wildman–Crippen LogP) is 3.29. The Bertz CT molecular complexity index is 574. The summed E-state index contributed by atoms with van der Waals surface area (Å²) in [6.45, 7) is 0. The van der Waals surface area contributed by atoms with Crippen LogP contribution in [-0.2, 0) is 0 Å². The van der Waals surface area contributed by atoms with E-state index < -0.39 is 6.10 Å². The number of hydrogen-bond acceptors (Lipinski definition) is 2. The second-order valence-electron chi connectivity index (χ2n) is 3.66. The summed E-state index contributed by atoms with van der Waals surface area (Å²) in [5.74, 6) is 0. The van der Waals surface area contributed by atoms with E-state index >= 15 is 0 Å². The number of nitriles is 1. The molecule has 0 aliphatic heterocycles. The molecule has 17 heavy (non-hydrogen) atoms. The van der Waals surface area contributed by atoms with Crippen LogP contribution in [0.3, 0.4) is 0 Å². The molecular weight excluding hydrogens is 234 g/mol. The van der Waals surface area contributed by atoms with Gasteiger partial charge in [0.15, 0.2) is 0 Å². The van der Waals surface area contributed by atoms with Gasteiger partial charge in [-0.2, -0.15) is 5.26 Å². The highest BCUT2D eigenvalue weighted by Crippen LogP contribution is 2.28. The van der Waals surface area contributed by atoms with Gasteiger partial charge in [-0.05, 0) is 23.8 Å². The highest BCUT2D eigenvalue weighted by molar-refractivity contribution is 6.31. The Balaban J connectivity index is 2.41. The van der Waals surface area contributed by atoms with Crippen LogP contribution >= 0.6 is 11.6 Å². The van der Waals surface area contributed by atoms with Gasteiger partial charge >= 0.3 is 0 Å². The lowest BCUT2D eigenvalue weighted by Gasteiger charge is -2.13. The van der Waals surface area contributed by atoms with Gasteiger partial charge in [-0.15, -0.1) is 0 Å². The average Bonchev–Trinajstić information content (AvgIpc) is 2.38. The SMILES string of the molecule is N#Cc1cccc(C(O)c2ccccc2Cl)c1. The van der Waals surface area contributed by atoms with Gasteiger partial charge in [-0.1, -0.05) is 41.9 Å². The molecule has 0 heterocycles. The van der Waals surface area contributed by atoms with Crippen LogP contribution in [0, 0.1) is 11.3 Å². The first-order valence-corrected chi connectivity index (χ1v) is 5.52. The lowest BCUT2D eigenvalue weighted by atomic mass is 10.00. The molecule has 2 rings (SSSR count). The first-order chi connectivity index (χ1) is 8.22. The summed E-state index contributed by atoms with van der Waals surface area (Å²) < 4.78 is 0. The Morgan fingerprint density at radius 3 is 2.59 bits per heavy atom. The Kier molecular flexibility index (Phi) is 3.43. The van der Waals surface area contributed by atoms with Crippen LogP contribution in [0.25, 0.3) is 0 Å². The lowest BCUT2D eigenvalue weighted by molar-refractivity contribution is 0.220. The second-order valence-corrected chi connectivity index (χ2v) is 4.07. The third kappa shape index (κ3) is 2.47. The minimum absolute atomic E-state index is 0.516. The van der Waals surface area contributed by atoms with Crippen molar-refractivity contribution in [1.82, 2.24) is 0 Å². The maximum atomic E-state index is 10.2. The number of aliphatic hydroxyl groups is 1. The van der Waals surface area contributed by atoms with Crippen LogP contribution < -0.4 is 0 Å². The Morgan fingerprint density at radius 2 is 1.88 bits per heavy atom. The smallest absolute Gasteiger partial charge is 0.106 e. The quantitative estimate of drug-likeness (QED) is 0.880. The number of hydrogen-bond donors (Lipinski definition) is 1. The van der Waals surface area contributed by atoms with E-state index in [0.29, 0.717) is 21.7 Å². The summed E-state index contributed by atoms with van der Waals surface area (Å²) in [6.07, 6.45) is -0.808. The van der Waals surface area contributed by atoms with Gasteiger partial charge in [-0.25, -0.2) is 0 Å². The molecule has 0 aliphatic carbocycles. The fourth-order valence-electron chi connectivity index (χ4n) is 1.65. The van der Waals surface area contributed by atoms with E-state index in [9.17, 15) is 5.11 Å². The fourth-order valence-corrected chi connectivity index (χ4v) is 1.89. The molecule has 2 aromatic rings. The van der Waals surface area contributed by atoms with Crippen molar-refractivity contribution in [3.63, 3.8) is 0 Å². The van der Waals surface area contributed by atoms with Crippen molar-refractivity contribution in [2.75, 3.05) is 0 Å². The van der Waals surface area contributed by atoms with Crippen LogP contribution in [0.2, 0.25) is 5.02 Å². The van der Waals surface area contributed by atoms with Gasteiger partial charge in [-0.3, -0.25) is 0 Å². The van der Waals surface area contributed by atoms with E-state index in [2.05, 4.69) is 0 Å². The molecule has 1 N–H and O–H groups in total. The largest absolute Gasteiger partial charge is 0.384 e. The van der Waals surface area contributed by atoms with Crippen molar-refractivity contribution in [2.45, 2.75) is 6.10 Å². The molecule has 0 amide bonds. The van der Waals surface area contributed by atoms with Crippen molar-refractivity contribution >= 4 is 11.6 Å². The molecule has 0 saturated heterocycles. The predicted molar refractivity (Wildman–Crippen MR) is 66.7 cm³/mol. The van der Waals surface area contributed by atoms with Gasteiger partial charge < -0.3 is 5.11 Å². The topological polar surface area (TPSA) is 44.0 Å². The summed E-state index contributed by atoms with van der Waals surface area (Å²) in [5.41, 5.74) is 1.83. The van der Waals surface area contributed by atoms with E-state index in [1.54, 1.807) is 36.4 Å². The number of benzene rings is 2. The van der Waals surface area contributed by atoms with Crippen LogP contribution in [0.5, 0.6) is 0 Å². The number of aliphatic hydroxyl groups excluding tert-OH is 1. The van der Waals surface area contributed by atoms with E-state index in [4.69, 9.17) is 16.9 Å². The maximum absolute atomic E-state index is 10.2. The molecule has 0 saturated carbocycles. The highest BCUT2D eigenvalue weighted by Gasteiger charge is 2.13. The molecule has 2 aromatic carbocycles. The van der Waals surface area contributed by atoms with Crippen molar-refractivity contribution in [3.8, 4) is 6.07 Å². The molecule has 0 radical (unpaired) electrons. The molecule has 84 valence electrons. The minimum atomic E-state index is -0.808. The third-order valence-corrected chi connectivity index (χ3v) is 2.88. The summed E-state index contributed by atoms with van der Waals surface area (Å²) in [6, 6.07) is 16.0. The molecule has 0 aliphatic rings. The molecule has 0 aromatic heterocycles. The van der Waals surface area contributed by atoms with Crippen molar-refractivity contribution in [2.24, 2.45) is 0 Å². The first kappa shape index (κ1) is 11.7. The van der Waals surface area contributed by atoms with E-state index in [1.807, 2.05) is 18.2 Å². The molecule has 1 atom stereocenters. The van der Waals surface area contributed by atoms with E-state index in [-0.39, 0.29) is 0 Å². The van der Waals surface area contributed by atoms with Gasteiger partial charge in [0.05, 0.1) is 11.6 Å². The third-order valence-electron chi connectivity index (χ3n) is 2.53.